The molecule has 1 aliphatic rings. The Morgan fingerprint density at radius 1 is 1.19 bits per heavy atom. The molecule has 1 heterocycles. The van der Waals surface area contributed by atoms with E-state index in [9.17, 15) is 0 Å². The van der Waals surface area contributed by atoms with Gasteiger partial charge >= 0.3 is 0 Å². The predicted molar refractivity (Wildman–Crippen MR) is 92.1 cm³/mol. The van der Waals surface area contributed by atoms with Crippen LogP contribution >= 0.6 is 11.3 Å². The van der Waals surface area contributed by atoms with Crippen LogP contribution in [0.3, 0.4) is 0 Å². The van der Waals surface area contributed by atoms with Crippen molar-refractivity contribution in [3.63, 3.8) is 0 Å². The van der Waals surface area contributed by atoms with Crippen molar-refractivity contribution in [2.24, 2.45) is 0 Å². The fourth-order valence-electron chi connectivity index (χ4n) is 3.15. The van der Waals surface area contributed by atoms with E-state index in [1.165, 1.54) is 49.0 Å². The van der Waals surface area contributed by atoms with Crippen molar-refractivity contribution in [3.05, 3.63) is 57.8 Å². The van der Waals surface area contributed by atoms with Crippen molar-refractivity contribution in [3.8, 4) is 0 Å². The van der Waals surface area contributed by atoms with Gasteiger partial charge in [0, 0.05) is 10.9 Å². The lowest BCUT2D eigenvalue weighted by Gasteiger charge is -2.26. The minimum Gasteiger partial charge on any atom is -0.313 e. The van der Waals surface area contributed by atoms with E-state index >= 15 is 0 Å². The van der Waals surface area contributed by atoms with Crippen LogP contribution in [0.1, 0.15) is 60.1 Å². The van der Waals surface area contributed by atoms with Crippen LogP contribution in [0.2, 0.25) is 0 Å². The molecular weight excluding hydrogens is 274 g/mol. The summed E-state index contributed by atoms with van der Waals surface area (Å²) in [5.41, 5.74) is 2.98. The van der Waals surface area contributed by atoms with Gasteiger partial charge in [0.2, 0.25) is 0 Å². The molecule has 0 bridgehead atoms. The van der Waals surface area contributed by atoms with Gasteiger partial charge in [-0.05, 0) is 67.6 Å². The van der Waals surface area contributed by atoms with E-state index in [2.05, 4.69) is 54.1 Å². The Labute approximate surface area is 132 Å². The molecule has 1 atom stereocenters. The first-order valence-electron chi connectivity index (χ1n) is 8.16. The number of thiophene rings is 1. The number of rotatable bonds is 7. The second-order valence-corrected chi connectivity index (χ2v) is 7.14. The van der Waals surface area contributed by atoms with Crippen LogP contribution < -0.4 is 5.32 Å². The standard InChI is InChI=1S/C19H25NS/c1-20-19(9-3-7-18-8-4-14-21-18)17-12-10-16(11-13-17)15-5-2-6-15/h4,8,10-15,19-20H,2-3,5-7,9H2,1H3. The van der Waals surface area contributed by atoms with Crippen molar-refractivity contribution in [2.45, 2.75) is 50.5 Å². The van der Waals surface area contributed by atoms with Crippen LogP contribution in [-0.2, 0) is 6.42 Å². The molecule has 1 nitrogen and oxygen atoms in total. The first kappa shape index (κ1) is 14.8. The lowest BCUT2D eigenvalue weighted by Crippen LogP contribution is -2.17. The lowest BCUT2D eigenvalue weighted by molar-refractivity contribution is 0.419. The molecule has 1 aromatic heterocycles. The molecule has 1 fully saturated rings. The van der Waals surface area contributed by atoms with Crippen molar-refractivity contribution < 1.29 is 0 Å². The van der Waals surface area contributed by atoms with Crippen LogP contribution in [0.4, 0.5) is 0 Å². The Bertz CT molecular complexity index is 525. The highest BCUT2D eigenvalue weighted by Gasteiger charge is 2.19. The highest BCUT2D eigenvalue weighted by Crippen LogP contribution is 2.36. The largest absolute Gasteiger partial charge is 0.313 e. The Morgan fingerprint density at radius 2 is 2.00 bits per heavy atom. The second kappa shape index (κ2) is 7.24. The lowest BCUT2D eigenvalue weighted by atomic mass is 9.80. The molecule has 0 amide bonds. The SMILES string of the molecule is CNC(CCCc1cccs1)c1ccc(C2CCC2)cc1. The summed E-state index contributed by atoms with van der Waals surface area (Å²) in [6.07, 6.45) is 7.84. The molecule has 3 rings (SSSR count). The Kier molecular flexibility index (Phi) is 5.10. The van der Waals surface area contributed by atoms with Gasteiger partial charge in [0.1, 0.15) is 0 Å². The van der Waals surface area contributed by atoms with E-state index < -0.39 is 0 Å². The van der Waals surface area contributed by atoms with Crippen molar-refractivity contribution in [1.82, 2.24) is 5.32 Å². The zero-order valence-electron chi connectivity index (χ0n) is 12.8. The minimum absolute atomic E-state index is 0.486. The maximum atomic E-state index is 3.48. The third kappa shape index (κ3) is 3.75. The molecule has 112 valence electrons. The van der Waals surface area contributed by atoms with Gasteiger partial charge in [-0.2, -0.15) is 0 Å². The van der Waals surface area contributed by atoms with Crippen LogP contribution in [-0.4, -0.2) is 7.05 Å². The fraction of sp³-hybridized carbons (Fsp3) is 0.474. The van der Waals surface area contributed by atoms with Crippen molar-refractivity contribution >= 4 is 11.3 Å². The van der Waals surface area contributed by atoms with Gasteiger partial charge < -0.3 is 5.32 Å². The van der Waals surface area contributed by atoms with Crippen LogP contribution in [0.5, 0.6) is 0 Å². The van der Waals surface area contributed by atoms with E-state index in [-0.39, 0.29) is 0 Å². The Morgan fingerprint density at radius 3 is 2.57 bits per heavy atom. The smallest absolute Gasteiger partial charge is 0.0317 e. The summed E-state index contributed by atoms with van der Waals surface area (Å²) < 4.78 is 0. The number of nitrogens with one attached hydrogen (secondary N) is 1. The molecule has 0 radical (unpaired) electrons. The summed E-state index contributed by atoms with van der Waals surface area (Å²) in [7, 11) is 2.08. The summed E-state index contributed by atoms with van der Waals surface area (Å²) >= 11 is 1.87. The summed E-state index contributed by atoms with van der Waals surface area (Å²) in [6.45, 7) is 0. The third-order valence-corrected chi connectivity index (χ3v) is 5.70. The van der Waals surface area contributed by atoms with Gasteiger partial charge in [-0.25, -0.2) is 0 Å². The monoisotopic (exact) mass is 299 g/mol. The molecule has 1 aliphatic carbocycles. The van der Waals surface area contributed by atoms with E-state index in [0.717, 1.165) is 5.92 Å². The summed E-state index contributed by atoms with van der Waals surface area (Å²) in [5.74, 6) is 0.839. The molecule has 0 aliphatic heterocycles. The average Bonchev–Trinajstić information content (AvgIpc) is 2.96. The van der Waals surface area contributed by atoms with Gasteiger partial charge in [-0.15, -0.1) is 11.3 Å². The van der Waals surface area contributed by atoms with Crippen LogP contribution in [0, 0.1) is 0 Å². The number of benzene rings is 1. The molecule has 1 saturated carbocycles. The number of hydrogen-bond acceptors (Lipinski definition) is 2. The topological polar surface area (TPSA) is 12.0 Å². The number of hydrogen-bond donors (Lipinski definition) is 1. The summed E-state index contributed by atoms with van der Waals surface area (Å²) in [5, 5.41) is 5.65. The summed E-state index contributed by atoms with van der Waals surface area (Å²) in [4.78, 5) is 1.50. The first-order valence-corrected chi connectivity index (χ1v) is 9.04. The minimum atomic E-state index is 0.486. The van der Waals surface area contributed by atoms with E-state index in [4.69, 9.17) is 0 Å². The molecule has 21 heavy (non-hydrogen) atoms. The molecular formula is C19H25NS. The van der Waals surface area contributed by atoms with Crippen LogP contribution in [0.15, 0.2) is 41.8 Å². The normalized spacial score (nSPS) is 16.6. The predicted octanol–water partition coefficient (Wildman–Crippen LogP) is 5.30. The molecule has 2 heteroatoms. The number of aryl methyl sites for hydroxylation is 1. The van der Waals surface area contributed by atoms with E-state index in [1.54, 1.807) is 5.56 Å². The Balaban J connectivity index is 1.54. The summed E-state index contributed by atoms with van der Waals surface area (Å²) in [6, 6.07) is 14.2. The molecule has 2 aromatic rings. The van der Waals surface area contributed by atoms with E-state index in [0.29, 0.717) is 6.04 Å². The third-order valence-electron chi connectivity index (χ3n) is 4.76. The molecule has 0 saturated heterocycles. The molecule has 1 unspecified atom stereocenters. The van der Waals surface area contributed by atoms with Gasteiger partial charge in [0.15, 0.2) is 0 Å². The Hall–Kier alpha value is -1.12. The van der Waals surface area contributed by atoms with Gasteiger partial charge in [-0.3, -0.25) is 0 Å². The zero-order chi connectivity index (χ0) is 14.5. The van der Waals surface area contributed by atoms with Crippen LogP contribution in [0.25, 0.3) is 0 Å². The average molecular weight is 299 g/mol. The zero-order valence-corrected chi connectivity index (χ0v) is 13.7. The van der Waals surface area contributed by atoms with Crippen molar-refractivity contribution in [2.75, 3.05) is 7.05 Å². The fourth-order valence-corrected chi connectivity index (χ4v) is 3.91. The van der Waals surface area contributed by atoms with Gasteiger partial charge in [0.05, 0.1) is 0 Å². The maximum absolute atomic E-state index is 3.48. The van der Waals surface area contributed by atoms with Crippen molar-refractivity contribution in [1.29, 1.82) is 0 Å². The highest BCUT2D eigenvalue weighted by atomic mass is 32.1. The van der Waals surface area contributed by atoms with Gasteiger partial charge in [-0.1, -0.05) is 36.8 Å². The second-order valence-electron chi connectivity index (χ2n) is 6.11. The molecule has 1 aromatic carbocycles. The maximum Gasteiger partial charge on any atom is 0.0317 e. The first-order chi connectivity index (χ1) is 10.4. The molecule has 0 spiro atoms. The van der Waals surface area contributed by atoms with Gasteiger partial charge in [0.25, 0.3) is 0 Å². The molecule has 1 N–H and O–H groups in total. The van der Waals surface area contributed by atoms with E-state index in [1.807, 2.05) is 11.3 Å². The quantitative estimate of drug-likeness (QED) is 0.731. The highest BCUT2D eigenvalue weighted by molar-refractivity contribution is 7.09.